The summed E-state index contributed by atoms with van der Waals surface area (Å²) >= 11 is 0. The number of benzene rings is 1. The maximum atomic E-state index is 8.79. The van der Waals surface area contributed by atoms with Gasteiger partial charge in [-0.15, -0.1) is 0 Å². The summed E-state index contributed by atoms with van der Waals surface area (Å²) < 4.78 is 0. The van der Waals surface area contributed by atoms with Crippen molar-refractivity contribution in [2.24, 2.45) is 0 Å². The van der Waals surface area contributed by atoms with Crippen molar-refractivity contribution in [3.05, 3.63) is 30.0 Å². The van der Waals surface area contributed by atoms with Gasteiger partial charge in [0.1, 0.15) is 5.82 Å². The number of aliphatic hydroxyl groups is 1. The Morgan fingerprint density at radius 1 is 1.38 bits per heavy atom. The number of pyridine rings is 1. The van der Waals surface area contributed by atoms with Gasteiger partial charge < -0.3 is 16.2 Å². The van der Waals surface area contributed by atoms with Crippen LogP contribution in [0, 0.1) is 6.92 Å². The van der Waals surface area contributed by atoms with Crippen LogP contribution in [0.15, 0.2) is 24.4 Å². The highest BCUT2D eigenvalue weighted by Crippen LogP contribution is 2.27. The van der Waals surface area contributed by atoms with Crippen molar-refractivity contribution in [1.82, 2.24) is 4.98 Å². The van der Waals surface area contributed by atoms with Crippen molar-refractivity contribution >= 4 is 22.3 Å². The van der Waals surface area contributed by atoms with E-state index in [1.807, 2.05) is 25.1 Å². The molecule has 0 bridgehead atoms. The molecule has 1 aromatic carbocycles. The fourth-order valence-corrected chi connectivity index (χ4v) is 1.78. The Morgan fingerprint density at radius 3 is 2.94 bits per heavy atom. The Morgan fingerprint density at radius 2 is 2.19 bits per heavy atom. The molecular formula is C12H15N3O. The first-order valence-electron chi connectivity index (χ1n) is 5.22. The highest BCUT2D eigenvalue weighted by Gasteiger charge is 2.04. The van der Waals surface area contributed by atoms with Crippen molar-refractivity contribution in [1.29, 1.82) is 0 Å². The maximum Gasteiger partial charge on any atom is 0.133 e. The summed E-state index contributed by atoms with van der Waals surface area (Å²) in [4.78, 5) is 4.25. The highest BCUT2D eigenvalue weighted by atomic mass is 16.3. The van der Waals surface area contributed by atoms with Crippen LogP contribution in [0.5, 0.6) is 0 Å². The van der Waals surface area contributed by atoms with E-state index in [2.05, 4.69) is 10.3 Å². The van der Waals surface area contributed by atoms with Gasteiger partial charge >= 0.3 is 0 Å². The monoisotopic (exact) mass is 217 g/mol. The van der Waals surface area contributed by atoms with Crippen molar-refractivity contribution < 1.29 is 5.11 Å². The summed E-state index contributed by atoms with van der Waals surface area (Å²) in [5, 5.41) is 13.8. The van der Waals surface area contributed by atoms with E-state index in [1.165, 1.54) is 0 Å². The quantitative estimate of drug-likeness (QED) is 0.682. The van der Waals surface area contributed by atoms with Gasteiger partial charge in [-0.25, -0.2) is 4.98 Å². The van der Waals surface area contributed by atoms with Crippen LogP contribution in [0.1, 0.15) is 5.56 Å². The molecule has 0 aliphatic rings. The molecule has 2 rings (SSSR count). The predicted octanol–water partition coefficient (Wildman–Crippen LogP) is 1.53. The third-order valence-corrected chi connectivity index (χ3v) is 2.46. The van der Waals surface area contributed by atoms with E-state index in [4.69, 9.17) is 10.8 Å². The highest BCUT2D eigenvalue weighted by molar-refractivity contribution is 5.99. The zero-order valence-corrected chi connectivity index (χ0v) is 9.20. The summed E-state index contributed by atoms with van der Waals surface area (Å²) in [6.07, 6.45) is 1.72. The van der Waals surface area contributed by atoms with Gasteiger partial charge in [-0.1, -0.05) is 0 Å². The van der Waals surface area contributed by atoms with Crippen molar-refractivity contribution in [3.8, 4) is 0 Å². The lowest BCUT2D eigenvalue weighted by Gasteiger charge is -2.09. The Labute approximate surface area is 94.1 Å². The molecule has 4 nitrogen and oxygen atoms in total. The molecule has 4 heteroatoms. The number of nitrogens with one attached hydrogen (secondary N) is 1. The molecule has 0 unspecified atom stereocenters. The average Bonchev–Trinajstić information content (AvgIpc) is 2.26. The van der Waals surface area contributed by atoms with Gasteiger partial charge in [0.2, 0.25) is 0 Å². The van der Waals surface area contributed by atoms with Crippen LogP contribution < -0.4 is 11.1 Å². The maximum absolute atomic E-state index is 8.79. The fourth-order valence-electron chi connectivity index (χ4n) is 1.78. The molecule has 16 heavy (non-hydrogen) atoms. The van der Waals surface area contributed by atoms with Gasteiger partial charge in [0.25, 0.3) is 0 Å². The summed E-state index contributed by atoms with van der Waals surface area (Å²) in [5.41, 5.74) is 7.81. The fraction of sp³-hybridized carbons (Fsp3) is 0.250. The minimum absolute atomic E-state index is 0.0827. The largest absolute Gasteiger partial charge is 0.398 e. The second-order valence-electron chi connectivity index (χ2n) is 3.76. The lowest BCUT2D eigenvalue weighted by molar-refractivity contribution is 0.311. The molecule has 0 radical (unpaired) electrons. The van der Waals surface area contributed by atoms with E-state index in [-0.39, 0.29) is 6.61 Å². The van der Waals surface area contributed by atoms with Crippen LogP contribution in [0.25, 0.3) is 10.8 Å². The molecule has 1 heterocycles. The van der Waals surface area contributed by atoms with Crippen LogP contribution in [0.3, 0.4) is 0 Å². The third kappa shape index (κ3) is 1.92. The molecule has 4 N–H and O–H groups in total. The number of hydrogen-bond acceptors (Lipinski definition) is 4. The average molecular weight is 217 g/mol. The minimum atomic E-state index is 0.0827. The third-order valence-electron chi connectivity index (χ3n) is 2.46. The number of nitrogens with two attached hydrogens (primary N) is 1. The molecule has 1 aromatic heterocycles. The number of nitrogen functional groups attached to an aromatic ring is 1. The Kier molecular flexibility index (Phi) is 2.92. The van der Waals surface area contributed by atoms with E-state index in [9.17, 15) is 0 Å². The number of fused-ring (bicyclic) bond motifs is 1. The number of aliphatic hydroxyl groups excluding tert-OH is 1. The topological polar surface area (TPSA) is 71.2 Å². The van der Waals surface area contributed by atoms with Gasteiger partial charge in [0.05, 0.1) is 6.61 Å². The number of rotatable bonds is 3. The van der Waals surface area contributed by atoms with Gasteiger partial charge in [0.15, 0.2) is 0 Å². The van der Waals surface area contributed by atoms with Gasteiger partial charge in [0, 0.05) is 29.2 Å². The van der Waals surface area contributed by atoms with Crippen LogP contribution in [-0.4, -0.2) is 23.2 Å². The zero-order valence-electron chi connectivity index (χ0n) is 9.20. The first-order valence-corrected chi connectivity index (χ1v) is 5.22. The number of anilines is 2. The SMILES string of the molecule is Cc1cc(N)c2ccnc(NCCO)c2c1. The molecule has 0 atom stereocenters. The van der Waals surface area contributed by atoms with E-state index in [1.54, 1.807) is 6.20 Å². The molecule has 0 saturated heterocycles. The standard InChI is InChI=1S/C12H15N3O/c1-8-6-10-9(11(13)7-8)2-3-14-12(10)15-4-5-16/h2-3,6-7,16H,4-5,13H2,1H3,(H,14,15). The van der Waals surface area contributed by atoms with Crippen LogP contribution >= 0.6 is 0 Å². The summed E-state index contributed by atoms with van der Waals surface area (Å²) in [6, 6.07) is 5.88. The zero-order chi connectivity index (χ0) is 11.5. The first kappa shape index (κ1) is 10.7. The van der Waals surface area contributed by atoms with E-state index >= 15 is 0 Å². The second kappa shape index (κ2) is 4.37. The van der Waals surface area contributed by atoms with E-state index in [0.29, 0.717) is 6.54 Å². The van der Waals surface area contributed by atoms with Gasteiger partial charge in [-0.05, 0) is 30.7 Å². The second-order valence-corrected chi connectivity index (χ2v) is 3.76. The molecule has 0 aliphatic carbocycles. The van der Waals surface area contributed by atoms with Gasteiger partial charge in [-0.3, -0.25) is 0 Å². The number of hydrogen-bond donors (Lipinski definition) is 3. The molecule has 2 aromatic rings. The smallest absolute Gasteiger partial charge is 0.133 e. The van der Waals surface area contributed by atoms with Crippen LogP contribution in [0.4, 0.5) is 11.5 Å². The lowest BCUT2D eigenvalue weighted by Crippen LogP contribution is -2.07. The molecule has 0 saturated carbocycles. The number of aromatic nitrogens is 1. The van der Waals surface area contributed by atoms with Crippen molar-refractivity contribution in [2.45, 2.75) is 6.92 Å². The normalized spacial score (nSPS) is 10.6. The number of nitrogens with zero attached hydrogens (tertiary/aromatic N) is 1. The van der Waals surface area contributed by atoms with Crippen molar-refractivity contribution in [2.75, 3.05) is 24.2 Å². The van der Waals surface area contributed by atoms with Gasteiger partial charge in [-0.2, -0.15) is 0 Å². The Hall–Kier alpha value is -1.81. The van der Waals surface area contributed by atoms with E-state index in [0.717, 1.165) is 27.8 Å². The van der Waals surface area contributed by atoms with Crippen molar-refractivity contribution in [3.63, 3.8) is 0 Å². The molecule has 0 fully saturated rings. The first-order chi connectivity index (χ1) is 7.72. The lowest BCUT2D eigenvalue weighted by atomic mass is 10.1. The molecular weight excluding hydrogens is 202 g/mol. The Bertz CT molecular complexity index is 511. The van der Waals surface area contributed by atoms with E-state index < -0.39 is 0 Å². The molecule has 0 aliphatic heterocycles. The summed E-state index contributed by atoms with van der Waals surface area (Å²) in [6.45, 7) is 2.57. The van der Waals surface area contributed by atoms with Crippen LogP contribution in [-0.2, 0) is 0 Å². The predicted molar refractivity (Wildman–Crippen MR) is 66.5 cm³/mol. The number of aryl methyl sites for hydroxylation is 1. The molecule has 0 spiro atoms. The Balaban J connectivity index is 2.57. The molecule has 0 amide bonds. The van der Waals surface area contributed by atoms with Crippen LogP contribution in [0.2, 0.25) is 0 Å². The summed E-state index contributed by atoms with van der Waals surface area (Å²) in [5.74, 6) is 0.766. The molecule has 84 valence electrons. The minimum Gasteiger partial charge on any atom is -0.398 e. The summed E-state index contributed by atoms with van der Waals surface area (Å²) in [7, 11) is 0.